The van der Waals surface area contributed by atoms with Crippen LogP contribution in [0.25, 0.3) is 0 Å². The van der Waals surface area contributed by atoms with Gasteiger partial charge in [0.2, 0.25) is 0 Å². The minimum absolute atomic E-state index is 0.0166. The van der Waals surface area contributed by atoms with E-state index < -0.39 is 0 Å². The van der Waals surface area contributed by atoms with Gasteiger partial charge in [0.25, 0.3) is 0 Å². The molecule has 1 aromatic rings. The molecule has 0 bridgehead atoms. The van der Waals surface area contributed by atoms with Crippen LogP contribution in [0, 0.1) is 0 Å². The van der Waals surface area contributed by atoms with E-state index in [1.807, 2.05) is 17.0 Å². The van der Waals surface area contributed by atoms with Crippen LogP contribution in [-0.2, 0) is 0 Å². The van der Waals surface area contributed by atoms with E-state index in [4.69, 9.17) is 11.6 Å². The number of benzene rings is 1. The Morgan fingerprint density at radius 1 is 1.22 bits per heavy atom. The number of nitrogens with one attached hydrogen (secondary N) is 1. The maximum atomic E-state index is 12.3. The molecule has 0 radical (unpaired) electrons. The molecule has 3 nitrogen and oxygen atoms in total. The van der Waals surface area contributed by atoms with Gasteiger partial charge in [0.15, 0.2) is 0 Å². The van der Waals surface area contributed by atoms with Crippen molar-refractivity contribution in [3.05, 3.63) is 29.3 Å². The zero-order valence-electron chi connectivity index (χ0n) is 10.8. The first-order valence-corrected chi connectivity index (χ1v) is 6.80. The van der Waals surface area contributed by atoms with Gasteiger partial charge in [0.05, 0.1) is 0 Å². The number of piperidine rings is 1. The number of urea groups is 1. The molecule has 0 saturated carbocycles. The number of likely N-dealkylation sites (tertiary alicyclic amines) is 1. The van der Waals surface area contributed by atoms with Crippen LogP contribution in [0.5, 0.6) is 0 Å². The lowest BCUT2D eigenvalue weighted by Crippen LogP contribution is -2.49. The Labute approximate surface area is 113 Å². The number of nitrogens with zero attached hydrogens (tertiary/aromatic N) is 1. The van der Waals surface area contributed by atoms with E-state index in [1.54, 1.807) is 12.1 Å². The standard InChI is InChI=1S/C14H19ClN2O/c1-10-4-3-5-11(2)17(10)14(18)16-13-8-6-12(15)7-9-13/h6-11H,3-5H2,1-2H3,(H,16,18)/t10-,11-/m1/s1. The smallest absolute Gasteiger partial charge is 0.319 e. The molecule has 1 saturated heterocycles. The molecule has 2 amide bonds. The van der Waals surface area contributed by atoms with Gasteiger partial charge in [-0.05, 0) is 57.4 Å². The molecule has 2 rings (SSSR count). The minimum atomic E-state index is -0.0166. The van der Waals surface area contributed by atoms with Crippen molar-refractivity contribution >= 4 is 23.3 Å². The van der Waals surface area contributed by atoms with Crippen molar-refractivity contribution < 1.29 is 4.79 Å². The quantitative estimate of drug-likeness (QED) is 0.814. The van der Waals surface area contributed by atoms with Crippen molar-refractivity contribution in [2.24, 2.45) is 0 Å². The molecule has 1 fully saturated rings. The summed E-state index contributed by atoms with van der Waals surface area (Å²) in [5, 5.41) is 3.60. The average Bonchev–Trinajstić information content (AvgIpc) is 2.32. The largest absolute Gasteiger partial charge is 0.322 e. The first kappa shape index (κ1) is 13.2. The van der Waals surface area contributed by atoms with Gasteiger partial charge in [-0.15, -0.1) is 0 Å². The number of hydrogen-bond acceptors (Lipinski definition) is 1. The second-order valence-electron chi connectivity index (χ2n) is 4.97. The highest BCUT2D eigenvalue weighted by atomic mass is 35.5. The molecule has 1 N–H and O–H groups in total. The van der Waals surface area contributed by atoms with Crippen LogP contribution in [0.1, 0.15) is 33.1 Å². The summed E-state index contributed by atoms with van der Waals surface area (Å²) in [4.78, 5) is 14.2. The fraction of sp³-hybridized carbons (Fsp3) is 0.500. The van der Waals surface area contributed by atoms with Crippen LogP contribution in [0.4, 0.5) is 10.5 Å². The molecule has 1 aliphatic heterocycles. The summed E-state index contributed by atoms with van der Waals surface area (Å²) < 4.78 is 0. The highest BCUT2D eigenvalue weighted by Gasteiger charge is 2.28. The van der Waals surface area contributed by atoms with Crippen molar-refractivity contribution in [2.75, 3.05) is 5.32 Å². The number of amides is 2. The zero-order chi connectivity index (χ0) is 13.1. The first-order valence-electron chi connectivity index (χ1n) is 6.43. The predicted octanol–water partition coefficient (Wildman–Crippen LogP) is 4.13. The fourth-order valence-electron chi connectivity index (χ4n) is 2.54. The van der Waals surface area contributed by atoms with Crippen molar-refractivity contribution in [1.29, 1.82) is 0 Å². The van der Waals surface area contributed by atoms with E-state index in [1.165, 1.54) is 6.42 Å². The van der Waals surface area contributed by atoms with Gasteiger partial charge >= 0.3 is 6.03 Å². The molecular weight excluding hydrogens is 248 g/mol. The van der Waals surface area contributed by atoms with Crippen molar-refractivity contribution in [3.8, 4) is 0 Å². The maximum absolute atomic E-state index is 12.3. The summed E-state index contributed by atoms with van der Waals surface area (Å²) in [6.45, 7) is 4.22. The summed E-state index contributed by atoms with van der Waals surface area (Å²) in [5.41, 5.74) is 0.786. The molecule has 1 aliphatic rings. The average molecular weight is 267 g/mol. The highest BCUT2D eigenvalue weighted by Crippen LogP contribution is 2.23. The Kier molecular flexibility index (Phi) is 4.12. The topological polar surface area (TPSA) is 32.3 Å². The van der Waals surface area contributed by atoms with Crippen LogP contribution in [0.2, 0.25) is 5.02 Å². The van der Waals surface area contributed by atoms with Gasteiger partial charge in [-0.3, -0.25) is 0 Å². The molecule has 98 valence electrons. The normalized spacial score (nSPS) is 23.8. The number of hydrogen-bond donors (Lipinski definition) is 1. The molecule has 0 aliphatic carbocycles. The molecule has 1 aromatic carbocycles. The third-order valence-corrected chi connectivity index (χ3v) is 3.78. The van der Waals surface area contributed by atoms with Crippen LogP contribution in [0.3, 0.4) is 0 Å². The van der Waals surface area contributed by atoms with Crippen LogP contribution >= 0.6 is 11.6 Å². The summed E-state index contributed by atoms with van der Waals surface area (Å²) >= 11 is 5.82. The predicted molar refractivity (Wildman–Crippen MR) is 75.1 cm³/mol. The van der Waals surface area contributed by atoms with E-state index in [-0.39, 0.29) is 6.03 Å². The third kappa shape index (κ3) is 2.96. The second-order valence-corrected chi connectivity index (χ2v) is 5.41. The summed E-state index contributed by atoms with van der Waals surface area (Å²) in [6, 6.07) is 7.79. The molecular formula is C14H19ClN2O. The molecule has 0 spiro atoms. The van der Waals surface area contributed by atoms with Gasteiger partial charge in [-0.1, -0.05) is 11.6 Å². The molecule has 1 heterocycles. The van der Waals surface area contributed by atoms with E-state index in [2.05, 4.69) is 19.2 Å². The maximum Gasteiger partial charge on any atom is 0.322 e. The minimum Gasteiger partial charge on any atom is -0.319 e. The third-order valence-electron chi connectivity index (χ3n) is 3.52. The Bertz CT molecular complexity index is 408. The Hall–Kier alpha value is -1.22. The fourth-order valence-corrected chi connectivity index (χ4v) is 2.67. The molecule has 2 atom stereocenters. The van der Waals surface area contributed by atoms with Crippen LogP contribution < -0.4 is 5.32 Å². The van der Waals surface area contributed by atoms with E-state index in [0.717, 1.165) is 18.5 Å². The van der Waals surface area contributed by atoms with E-state index >= 15 is 0 Å². The van der Waals surface area contributed by atoms with Crippen molar-refractivity contribution in [1.82, 2.24) is 4.90 Å². The lowest BCUT2D eigenvalue weighted by atomic mass is 9.98. The van der Waals surface area contributed by atoms with Gasteiger partial charge < -0.3 is 10.2 Å². The first-order chi connectivity index (χ1) is 8.58. The van der Waals surface area contributed by atoms with E-state index in [0.29, 0.717) is 17.1 Å². The van der Waals surface area contributed by atoms with Gasteiger partial charge in [0.1, 0.15) is 0 Å². The Morgan fingerprint density at radius 2 is 1.78 bits per heavy atom. The van der Waals surface area contributed by atoms with Crippen molar-refractivity contribution in [2.45, 2.75) is 45.2 Å². The molecule has 4 heteroatoms. The van der Waals surface area contributed by atoms with Gasteiger partial charge in [0, 0.05) is 22.8 Å². The summed E-state index contributed by atoms with van der Waals surface area (Å²) in [7, 11) is 0. The van der Waals surface area contributed by atoms with Gasteiger partial charge in [-0.25, -0.2) is 4.79 Å². The SMILES string of the molecule is C[C@@H]1CCC[C@@H](C)N1C(=O)Nc1ccc(Cl)cc1. The second kappa shape index (κ2) is 5.61. The molecule has 0 aromatic heterocycles. The highest BCUT2D eigenvalue weighted by molar-refractivity contribution is 6.30. The zero-order valence-corrected chi connectivity index (χ0v) is 11.6. The molecule has 0 unspecified atom stereocenters. The molecule has 18 heavy (non-hydrogen) atoms. The summed E-state index contributed by atoms with van der Waals surface area (Å²) in [5.74, 6) is 0. The Morgan fingerprint density at radius 3 is 2.33 bits per heavy atom. The number of anilines is 1. The lowest BCUT2D eigenvalue weighted by molar-refractivity contribution is 0.133. The van der Waals surface area contributed by atoms with E-state index in [9.17, 15) is 4.79 Å². The monoisotopic (exact) mass is 266 g/mol. The van der Waals surface area contributed by atoms with Crippen molar-refractivity contribution in [3.63, 3.8) is 0 Å². The van der Waals surface area contributed by atoms with Crippen LogP contribution in [-0.4, -0.2) is 23.0 Å². The van der Waals surface area contributed by atoms with Crippen LogP contribution in [0.15, 0.2) is 24.3 Å². The Balaban J connectivity index is 2.04. The lowest BCUT2D eigenvalue weighted by Gasteiger charge is -2.38. The van der Waals surface area contributed by atoms with Gasteiger partial charge in [-0.2, -0.15) is 0 Å². The summed E-state index contributed by atoms with van der Waals surface area (Å²) in [6.07, 6.45) is 3.36. The number of rotatable bonds is 1. The number of halogens is 1. The number of carbonyl (C=O) groups excluding carboxylic acids is 1. The number of carbonyl (C=O) groups is 1.